The van der Waals surface area contributed by atoms with E-state index >= 15 is 0 Å². The summed E-state index contributed by atoms with van der Waals surface area (Å²) in [5.41, 5.74) is 1.84. The Hall–Kier alpha value is -1.51. The minimum Gasteiger partial charge on any atom is -0.410 e. The molecule has 0 unspecified atom stereocenters. The number of nitrogens with one attached hydrogen (secondary N) is 1. The average Bonchev–Trinajstić information content (AvgIpc) is 2.34. The molecule has 3 nitrogen and oxygen atoms in total. The van der Waals surface area contributed by atoms with Crippen LogP contribution >= 0.6 is 0 Å². The molecule has 1 N–H and O–H groups in total. The van der Waals surface area contributed by atoms with Gasteiger partial charge in [-0.05, 0) is 26.8 Å². The number of amides is 1. The molecule has 1 aliphatic heterocycles. The molecule has 0 saturated heterocycles. The highest BCUT2D eigenvalue weighted by Crippen LogP contribution is 2.33. The van der Waals surface area contributed by atoms with Crippen LogP contribution in [0.15, 0.2) is 18.2 Å². The molecule has 1 aromatic rings. The van der Waals surface area contributed by atoms with E-state index < -0.39 is 0 Å². The van der Waals surface area contributed by atoms with Gasteiger partial charge < -0.3 is 10.1 Å². The zero-order valence-electron chi connectivity index (χ0n) is 12.5. The SMILES string of the molecule is CC.CC.Cc1ccc2c(c1)C(C)(C)NC(=O)O2. The number of carbonyl (C=O) groups is 1. The molecule has 0 bridgehead atoms. The van der Waals surface area contributed by atoms with Gasteiger partial charge in [-0.2, -0.15) is 0 Å². The molecule has 1 aliphatic rings. The van der Waals surface area contributed by atoms with Crippen LogP contribution in [0.25, 0.3) is 0 Å². The van der Waals surface area contributed by atoms with Crippen LogP contribution in [0, 0.1) is 6.92 Å². The van der Waals surface area contributed by atoms with E-state index in [0.717, 1.165) is 11.1 Å². The number of benzene rings is 1. The summed E-state index contributed by atoms with van der Waals surface area (Å²) in [7, 11) is 0. The monoisotopic (exact) mass is 251 g/mol. The van der Waals surface area contributed by atoms with Gasteiger partial charge in [0.25, 0.3) is 0 Å². The maximum absolute atomic E-state index is 11.2. The minimum absolute atomic E-state index is 0.351. The van der Waals surface area contributed by atoms with Gasteiger partial charge in [0.15, 0.2) is 0 Å². The van der Waals surface area contributed by atoms with Crippen molar-refractivity contribution in [3.05, 3.63) is 29.3 Å². The number of fused-ring (bicyclic) bond motifs is 1. The molecule has 0 spiro atoms. The van der Waals surface area contributed by atoms with E-state index in [1.165, 1.54) is 0 Å². The van der Waals surface area contributed by atoms with Crippen molar-refractivity contribution in [1.82, 2.24) is 5.32 Å². The summed E-state index contributed by atoms with van der Waals surface area (Å²) >= 11 is 0. The molecule has 1 heterocycles. The summed E-state index contributed by atoms with van der Waals surface area (Å²) in [5.74, 6) is 0.657. The fourth-order valence-corrected chi connectivity index (χ4v) is 1.67. The van der Waals surface area contributed by atoms with Gasteiger partial charge in [-0.3, -0.25) is 0 Å². The van der Waals surface area contributed by atoms with Crippen LogP contribution in [0.4, 0.5) is 4.79 Å². The van der Waals surface area contributed by atoms with Crippen molar-refractivity contribution in [2.45, 2.75) is 54.0 Å². The Balaban J connectivity index is 0.000000659. The van der Waals surface area contributed by atoms with Gasteiger partial charge in [0.05, 0.1) is 5.54 Å². The Bertz CT molecular complexity index is 397. The number of hydrogen-bond donors (Lipinski definition) is 1. The standard InChI is InChI=1S/C11H13NO2.2C2H6/c1-7-4-5-9-8(6-7)11(2,3)12-10(13)14-9;2*1-2/h4-6H,1-3H3,(H,12,13);2*1-2H3. The Labute approximate surface area is 111 Å². The van der Waals surface area contributed by atoms with Crippen molar-refractivity contribution in [2.24, 2.45) is 0 Å². The van der Waals surface area contributed by atoms with Crippen molar-refractivity contribution >= 4 is 6.09 Å². The van der Waals surface area contributed by atoms with E-state index in [9.17, 15) is 4.79 Å². The Kier molecular flexibility index (Phi) is 6.45. The van der Waals surface area contributed by atoms with E-state index in [2.05, 4.69) is 5.32 Å². The molecule has 102 valence electrons. The lowest BCUT2D eigenvalue weighted by molar-refractivity contribution is 0.177. The number of ether oxygens (including phenoxy) is 1. The number of hydrogen-bond acceptors (Lipinski definition) is 2. The van der Waals surface area contributed by atoms with Gasteiger partial charge in [0.1, 0.15) is 5.75 Å². The van der Waals surface area contributed by atoms with Crippen molar-refractivity contribution in [2.75, 3.05) is 0 Å². The fraction of sp³-hybridized carbons (Fsp3) is 0.533. The lowest BCUT2D eigenvalue weighted by Gasteiger charge is -2.32. The Morgan fingerprint density at radius 3 is 2.22 bits per heavy atom. The molecule has 0 radical (unpaired) electrons. The van der Waals surface area contributed by atoms with E-state index in [4.69, 9.17) is 4.74 Å². The molecular formula is C15H25NO2. The molecular weight excluding hydrogens is 226 g/mol. The normalized spacial score (nSPS) is 14.7. The van der Waals surface area contributed by atoms with Crippen molar-refractivity contribution in [1.29, 1.82) is 0 Å². The summed E-state index contributed by atoms with van der Waals surface area (Å²) in [6, 6.07) is 5.81. The van der Waals surface area contributed by atoms with Crippen molar-refractivity contribution in [3.8, 4) is 5.75 Å². The number of aryl methyl sites for hydroxylation is 1. The van der Waals surface area contributed by atoms with Crippen LogP contribution in [0.3, 0.4) is 0 Å². The summed E-state index contributed by atoms with van der Waals surface area (Å²) in [4.78, 5) is 11.2. The molecule has 1 amide bonds. The molecule has 0 atom stereocenters. The highest BCUT2D eigenvalue weighted by Gasteiger charge is 2.32. The highest BCUT2D eigenvalue weighted by molar-refractivity contribution is 5.75. The third-order valence-electron chi connectivity index (χ3n) is 2.43. The lowest BCUT2D eigenvalue weighted by atomic mass is 9.91. The second kappa shape index (κ2) is 7.04. The molecule has 0 saturated carbocycles. The van der Waals surface area contributed by atoms with Crippen LogP contribution in [0.2, 0.25) is 0 Å². The first-order valence-electron chi connectivity index (χ1n) is 6.60. The largest absolute Gasteiger partial charge is 0.413 e. The number of carbonyl (C=O) groups excluding carboxylic acids is 1. The molecule has 0 aromatic heterocycles. The summed E-state index contributed by atoms with van der Waals surface area (Å²) in [5, 5.41) is 2.78. The smallest absolute Gasteiger partial charge is 0.410 e. The van der Waals surface area contributed by atoms with Gasteiger partial charge in [0.2, 0.25) is 0 Å². The quantitative estimate of drug-likeness (QED) is 0.743. The van der Waals surface area contributed by atoms with E-state index in [0.29, 0.717) is 5.75 Å². The van der Waals surface area contributed by atoms with Gasteiger partial charge in [-0.1, -0.05) is 45.4 Å². The molecule has 18 heavy (non-hydrogen) atoms. The van der Waals surface area contributed by atoms with Crippen LogP contribution in [-0.2, 0) is 5.54 Å². The summed E-state index contributed by atoms with van der Waals surface area (Å²) < 4.78 is 5.07. The predicted octanol–water partition coefficient (Wildman–Crippen LogP) is 4.38. The van der Waals surface area contributed by atoms with Gasteiger partial charge in [0, 0.05) is 5.56 Å². The maximum Gasteiger partial charge on any atom is 0.413 e. The van der Waals surface area contributed by atoms with E-state index in [1.54, 1.807) is 0 Å². The van der Waals surface area contributed by atoms with Crippen LogP contribution in [0.5, 0.6) is 5.75 Å². The van der Waals surface area contributed by atoms with Gasteiger partial charge in [-0.25, -0.2) is 4.79 Å². The Morgan fingerprint density at radius 2 is 1.67 bits per heavy atom. The van der Waals surface area contributed by atoms with Crippen molar-refractivity contribution in [3.63, 3.8) is 0 Å². The Morgan fingerprint density at radius 1 is 1.11 bits per heavy atom. The van der Waals surface area contributed by atoms with E-state index in [1.807, 2.05) is 66.7 Å². The highest BCUT2D eigenvalue weighted by atomic mass is 16.6. The summed E-state index contributed by atoms with van der Waals surface area (Å²) in [6.07, 6.45) is -0.383. The molecule has 0 aliphatic carbocycles. The molecule has 3 heteroatoms. The van der Waals surface area contributed by atoms with Crippen LogP contribution in [-0.4, -0.2) is 6.09 Å². The zero-order chi connectivity index (χ0) is 14.3. The van der Waals surface area contributed by atoms with Crippen LogP contribution in [0.1, 0.15) is 52.7 Å². The lowest BCUT2D eigenvalue weighted by Crippen LogP contribution is -2.46. The average molecular weight is 251 g/mol. The first-order valence-corrected chi connectivity index (χ1v) is 6.60. The predicted molar refractivity (Wildman–Crippen MR) is 76.1 cm³/mol. The second-order valence-electron chi connectivity index (χ2n) is 4.14. The molecule has 2 rings (SSSR count). The minimum atomic E-state index is -0.383. The third-order valence-corrected chi connectivity index (χ3v) is 2.43. The zero-order valence-corrected chi connectivity index (χ0v) is 12.5. The van der Waals surface area contributed by atoms with Crippen LogP contribution < -0.4 is 10.1 Å². The number of rotatable bonds is 0. The van der Waals surface area contributed by atoms with Crippen molar-refractivity contribution < 1.29 is 9.53 Å². The fourth-order valence-electron chi connectivity index (χ4n) is 1.67. The molecule has 1 aromatic carbocycles. The van der Waals surface area contributed by atoms with Gasteiger partial charge >= 0.3 is 6.09 Å². The third kappa shape index (κ3) is 3.76. The second-order valence-corrected chi connectivity index (χ2v) is 4.14. The molecule has 0 fully saturated rings. The topological polar surface area (TPSA) is 38.3 Å². The first-order chi connectivity index (χ1) is 8.49. The maximum atomic E-state index is 11.2. The van der Waals surface area contributed by atoms with E-state index in [-0.39, 0.29) is 11.6 Å². The first kappa shape index (κ1) is 16.5. The van der Waals surface area contributed by atoms with Gasteiger partial charge in [-0.15, -0.1) is 0 Å². The summed E-state index contributed by atoms with van der Waals surface area (Å²) in [6.45, 7) is 13.9.